The zero-order valence-corrected chi connectivity index (χ0v) is 11.7. The van der Waals surface area contributed by atoms with Crippen LogP contribution >= 0.6 is 11.8 Å². The van der Waals surface area contributed by atoms with E-state index in [1.165, 1.54) is 18.2 Å². The molecule has 1 aliphatic rings. The summed E-state index contributed by atoms with van der Waals surface area (Å²) < 4.78 is 40.3. The summed E-state index contributed by atoms with van der Waals surface area (Å²) in [5, 5.41) is 10.2. The van der Waals surface area contributed by atoms with Crippen molar-refractivity contribution in [3.8, 4) is 5.75 Å². The molecule has 1 aliphatic heterocycles. The second-order valence-electron chi connectivity index (χ2n) is 4.93. The van der Waals surface area contributed by atoms with Gasteiger partial charge in [-0.1, -0.05) is 12.1 Å². The van der Waals surface area contributed by atoms with Crippen LogP contribution in [0.3, 0.4) is 0 Å². The number of alkyl halides is 3. The van der Waals surface area contributed by atoms with E-state index in [1.807, 2.05) is 11.8 Å². The highest BCUT2D eigenvalue weighted by Gasteiger charge is 2.31. The molecule has 0 aromatic heterocycles. The Hall–Kier alpha value is -0.880. The summed E-state index contributed by atoms with van der Waals surface area (Å²) in [5.74, 6) is 2.34. The predicted octanol–water partition coefficient (Wildman–Crippen LogP) is 4.15. The van der Waals surface area contributed by atoms with Crippen LogP contribution < -0.4 is 4.74 Å². The summed E-state index contributed by atoms with van der Waals surface area (Å²) in [6.45, 7) is 0. The lowest BCUT2D eigenvalue weighted by Gasteiger charge is -2.24. The van der Waals surface area contributed by atoms with E-state index in [-0.39, 0.29) is 5.75 Å². The number of hydrogen-bond donors (Lipinski definition) is 1. The summed E-state index contributed by atoms with van der Waals surface area (Å²) >= 11 is 1.90. The molecule has 1 fully saturated rings. The van der Waals surface area contributed by atoms with E-state index in [0.717, 1.165) is 24.3 Å². The van der Waals surface area contributed by atoms with Crippen molar-refractivity contribution in [2.45, 2.75) is 31.7 Å². The van der Waals surface area contributed by atoms with Crippen molar-refractivity contribution in [3.05, 3.63) is 29.8 Å². The van der Waals surface area contributed by atoms with E-state index in [2.05, 4.69) is 4.74 Å². The Morgan fingerprint density at radius 3 is 2.65 bits per heavy atom. The molecule has 1 unspecified atom stereocenters. The fourth-order valence-corrected chi connectivity index (χ4v) is 3.56. The van der Waals surface area contributed by atoms with Crippen LogP contribution in [0.15, 0.2) is 24.3 Å². The van der Waals surface area contributed by atoms with E-state index >= 15 is 0 Å². The van der Waals surface area contributed by atoms with Gasteiger partial charge in [0, 0.05) is 0 Å². The van der Waals surface area contributed by atoms with E-state index < -0.39 is 12.5 Å². The highest BCUT2D eigenvalue weighted by molar-refractivity contribution is 7.99. The third-order valence-electron chi connectivity index (χ3n) is 3.37. The van der Waals surface area contributed by atoms with Crippen LogP contribution in [-0.2, 0) is 0 Å². The van der Waals surface area contributed by atoms with Crippen LogP contribution in [0.2, 0.25) is 0 Å². The van der Waals surface area contributed by atoms with Crippen molar-refractivity contribution in [3.63, 3.8) is 0 Å². The molecule has 0 bridgehead atoms. The molecule has 0 radical (unpaired) electrons. The highest BCUT2D eigenvalue weighted by atomic mass is 32.2. The van der Waals surface area contributed by atoms with Gasteiger partial charge in [-0.05, 0) is 54.4 Å². The molecule has 20 heavy (non-hydrogen) atoms. The molecule has 1 N–H and O–H groups in total. The minimum absolute atomic E-state index is 0.284. The van der Waals surface area contributed by atoms with Crippen molar-refractivity contribution in [2.24, 2.45) is 5.92 Å². The predicted molar refractivity (Wildman–Crippen MR) is 72.8 cm³/mol. The molecule has 2 nitrogen and oxygen atoms in total. The highest BCUT2D eigenvalue weighted by Crippen LogP contribution is 2.32. The molecule has 1 aromatic carbocycles. The van der Waals surface area contributed by atoms with E-state index in [9.17, 15) is 18.3 Å². The van der Waals surface area contributed by atoms with E-state index in [4.69, 9.17) is 0 Å². The molecular formula is C14H17F3O2S. The number of halogens is 3. The summed E-state index contributed by atoms with van der Waals surface area (Å²) in [6, 6.07) is 5.60. The largest absolute Gasteiger partial charge is 0.573 e. The smallest absolute Gasteiger partial charge is 0.406 e. The Morgan fingerprint density at radius 2 is 2.00 bits per heavy atom. The Morgan fingerprint density at radius 1 is 1.30 bits per heavy atom. The monoisotopic (exact) mass is 306 g/mol. The maximum absolute atomic E-state index is 12.2. The van der Waals surface area contributed by atoms with Crippen molar-refractivity contribution < 1.29 is 23.0 Å². The molecule has 0 amide bonds. The number of aliphatic hydroxyl groups excluding tert-OH is 1. The molecule has 1 heterocycles. The van der Waals surface area contributed by atoms with Gasteiger partial charge >= 0.3 is 6.36 Å². The molecule has 1 atom stereocenters. The van der Waals surface area contributed by atoms with Gasteiger partial charge in [0.1, 0.15) is 5.75 Å². The van der Waals surface area contributed by atoms with Crippen LogP contribution in [0.1, 0.15) is 30.9 Å². The van der Waals surface area contributed by atoms with Crippen molar-refractivity contribution in [2.75, 3.05) is 11.5 Å². The van der Waals surface area contributed by atoms with Crippen LogP contribution in [0.5, 0.6) is 5.75 Å². The van der Waals surface area contributed by atoms with Crippen LogP contribution in [0.25, 0.3) is 0 Å². The van der Waals surface area contributed by atoms with Gasteiger partial charge in [-0.25, -0.2) is 0 Å². The third kappa shape index (κ3) is 4.90. The quantitative estimate of drug-likeness (QED) is 0.906. The molecule has 2 rings (SSSR count). The Kier molecular flexibility index (Phi) is 5.21. The van der Waals surface area contributed by atoms with Gasteiger partial charge in [0.05, 0.1) is 6.10 Å². The Labute approximate surface area is 120 Å². The van der Waals surface area contributed by atoms with Crippen LogP contribution in [-0.4, -0.2) is 23.0 Å². The normalized spacial score (nSPS) is 18.8. The first-order valence-corrected chi connectivity index (χ1v) is 7.71. The molecule has 0 aliphatic carbocycles. The minimum atomic E-state index is -4.70. The first kappa shape index (κ1) is 15.5. The molecule has 112 valence electrons. The van der Waals surface area contributed by atoms with Crippen molar-refractivity contribution in [1.29, 1.82) is 0 Å². The molecule has 1 aromatic rings. The first-order chi connectivity index (χ1) is 9.44. The number of thioether (sulfide) groups is 1. The summed E-state index contributed by atoms with van der Waals surface area (Å²) in [5.41, 5.74) is 0.477. The lowest BCUT2D eigenvalue weighted by atomic mass is 9.92. The molecule has 0 saturated carbocycles. The summed E-state index contributed by atoms with van der Waals surface area (Å²) in [4.78, 5) is 0. The maximum atomic E-state index is 12.2. The van der Waals surface area contributed by atoms with E-state index in [0.29, 0.717) is 17.9 Å². The number of ether oxygens (including phenoxy) is 1. The Bertz CT molecular complexity index is 431. The van der Waals surface area contributed by atoms with Crippen LogP contribution in [0, 0.1) is 5.92 Å². The average molecular weight is 306 g/mol. The molecule has 6 heteroatoms. The first-order valence-electron chi connectivity index (χ1n) is 6.55. The fourth-order valence-electron chi connectivity index (χ4n) is 2.35. The summed E-state index contributed by atoms with van der Waals surface area (Å²) in [7, 11) is 0. The zero-order valence-electron chi connectivity index (χ0n) is 10.9. The number of benzene rings is 1. The molecule has 1 saturated heterocycles. The van der Waals surface area contributed by atoms with E-state index in [1.54, 1.807) is 6.07 Å². The SMILES string of the molecule is OC(CC1CCSCC1)c1cccc(OC(F)(F)F)c1. The number of aliphatic hydroxyl groups is 1. The van der Waals surface area contributed by atoms with Crippen molar-refractivity contribution in [1.82, 2.24) is 0 Å². The van der Waals surface area contributed by atoms with Gasteiger partial charge in [0.25, 0.3) is 0 Å². The number of rotatable bonds is 4. The average Bonchev–Trinajstić information content (AvgIpc) is 2.38. The van der Waals surface area contributed by atoms with Gasteiger partial charge in [-0.3, -0.25) is 0 Å². The zero-order chi connectivity index (χ0) is 14.6. The van der Waals surface area contributed by atoms with Crippen molar-refractivity contribution >= 4 is 11.8 Å². The van der Waals surface area contributed by atoms with Crippen LogP contribution in [0.4, 0.5) is 13.2 Å². The molecular weight excluding hydrogens is 289 g/mol. The summed E-state index contributed by atoms with van der Waals surface area (Å²) in [6.07, 6.45) is -2.74. The number of hydrogen-bond acceptors (Lipinski definition) is 3. The van der Waals surface area contributed by atoms with Gasteiger partial charge < -0.3 is 9.84 Å². The van der Waals surface area contributed by atoms with Gasteiger partial charge in [-0.2, -0.15) is 11.8 Å². The molecule has 0 spiro atoms. The minimum Gasteiger partial charge on any atom is -0.406 e. The second-order valence-corrected chi connectivity index (χ2v) is 6.15. The van der Waals surface area contributed by atoms with Gasteiger partial charge in [-0.15, -0.1) is 13.2 Å². The third-order valence-corrected chi connectivity index (χ3v) is 4.42. The van der Waals surface area contributed by atoms with Gasteiger partial charge in [0.15, 0.2) is 0 Å². The lowest BCUT2D eigenvalue weighted by molar-refractivity contribution is -0.274. The standard InChI is InChI=1S/C14H17F3O2S/c15-14(16,17)19-12-3-1-2-11(9-12)13(18)8-10-4-6-20-7-5-10/h1-3,9-10,13,18H,4-8H2. The Balaban J connectivity index is 1.98. The maximum Gasteiger partial charge on any atom is 0.573 e. The lowest BCUT2D eigenvalue weighted by Crippen LogP contribution is -2.17. The van der Waals surface area contributed by atoms with Gasteiger partial charge in [0.2, 0.25) is 0 Å². The fraction of sp³-hybridized carbons (Fsp3) is 0.571. The second kappa shape index (κ2) is 6.72. The topological polar surface area (TPSA) is 29.5 Å².